The van der Waals surface area contributed by atoms with Gasteiger partial charge in [-0.25, -0.2) is 0 Å². The third kappa shape index (κ3) is 3.44. The van der Waals surface area contributed by atoms with E-state index in [1.165, 1.54) is 18.4 Å². The molecule has 0 saturated heterocycles. The minimum atomic E-state index is -0.316. The van der Waals surface area contributed by atoms with E-state index in [4.69, 9.17) is 4.74 Å². The minimum Gasteiger partial charge on any atom is -0.468 e. The van der Waals surface area contributed by atoms with Gasteiger partial charge in [0.25, 0.3) is 0 Å². The van der Waals surface area contributed by atoms with E-state index in [-0.39, 0.29) is 12.5 Å². The van der Waals surface area contributed by atoms with Crippen molar-refractivity contribution in [2.45, 2.75) is 13.5 Å². The molecule has 6 heteroatoms. The Kier molecular flexibility index (Phi) is 4.86. The maximum absolute atomic E-state index is 11.7. The lowest BCUT2D eigenvalue weighted by Crippen LogP contribution is -2.21. The van der Waals surface area contributed by atoms with E-state index < -0.39 is 0 Å². The molecular weight excluding hydrogens is 322 g/mol. The molecule has 5 nitrogen and oxygen atoms in total. The van der Waals surface area contributed by atoms with Crippen LogP contribution in [0.5, 0.6) is 0 Å². The second kappa shape index (κ2) is 7.23. The lowest BCUT2D eigenvalue weighted by molar-refractivity contribution is -0.141. The number of ether oxygens (including phenoxy) is 1. The fourth-order valence-electron chi connectivity index (χ4n) is 2.30. The summed E-state index contributed by atoms with van der Waals surface area (Å²) in [6.07, 6.45) is 0. The van der Waals surface area contributed by atoms with Crippen molar-refractivity contribution >= 4 is 33.2 Å². The van der Waals surface area contributed by atoms with Crippen molar-refractivity contribution in [3.63, 3.8) is 0 Å². The summed E-state index contributed by atoms with van der Waals surface area (Å²) in [7, 11) is 1.38. The standard InChI is InChI=1S/C18H17N3O2S/c1-13(14-8-4-3-5-9-14)19-20-18-21(12-17(22)23-2)15-10-6-7-11-16(15)24-18/h3-11H,12H2,1-2H3/b19-13+,20-18+. The molecule has 0 atom stereocenters. The van der Waals surface area contributed by atoms with Gasteiger partial charge in [-0.05, 0) is 24.6 Å². The highest BCUT2D eigenvalue weighted by Gasteiger charge is 2.10. The van der Waals surface area contributed by atoms with Crippen molar-refractivity contribution < 1.29 is 9.53 Å². The number of fused-ring (bicyclic) bond motifs is 1. The molecule has 0 N–H and O–H groups in total. The van der Waals surface area contributed by atoms with Crippen LogP contribution in [0.15, 0.2) is 64.8 Å². The fraction of sp³-hybridized carbons (Fsp3) is 0.167. The van der Waals surface area contributed by atoms with Crippen LogP contribution in [-0.4, -0.2) is 23.4 Å². The molecule has 2 aromatic carbocycles. The Morgan fingerprint density at radius 1 is 1.12 bits per heavy atom. The van der Waals surface area contributed by atoms with E-state index in [0.717, 1.165) is 21.5 Å². The molecule has 24 heavy (non-hydrogen) atoms. The van der Waals surface area contributed by atoms with Gasteiger partial charge in [0.2, 0.25) is 4.80 Å². The smallest absolute Gasteiger partial charge is 0.325 e. The highest BCUT2D eigenvalue weighted by Crippen LogP contribution is 2.16. The Balaban J connectivity index is 2.08. The molecule has 0 spiro atoms. The molecule has 122 valence electrons. The van der Waals surface area contributed by atoms with Gasteiger partial charge in [-0.1, -0.05) is 53.8 Å². The van der Waals surface area contributed by atoms with Gasteiger partial charge in [-0.3, -0.25) is 4.79 Å². The summed E-state index contributed by atoms with van der Waals surface area (Å²) in [5.41, 5.74) is 2.78. The number of esters is 1. The molecule has 3 rings (SSSR count). The molecule has 0 bridgehead atoms. The molecule has 1 aromatic heterocycles. The Bertz CT molecular complexity index is 955. The zero-order valence-electron chi connectivity index (χ0n) is 13.5. The van der Waals surface area contributed by atoms with E-state index >= 15 is 0 Å². The second-order valence-corrected chi connectivity index (χ2v) is 6.18. The van der Waals surface area contributed by atoms with Gasteiger partial charge in [-0.2, -0.15) is 5.10 Å². The number of para-hydroxylation sites is 1. The zero-order chi connectivity index (χ0) is 16.9. The summed E-state index contributed by atoms with van der Waals surface area (Å²) >= 11 is 1.49. The molecule has 0 fully saturated rings. The minimum absolute atomic E-state index is 0.110. The zero-order valence-corrected chi connectivity index (χ0v) is 14.3. The van der Waals surface area contributed by atoms with Crippen molar-refractivity contribution in [1.29, 1.82) is 0 Å². The highest BCUT2D eigenvalue weighted by atomic mass is 32.1. The Hall–Kier alpha value is -2.73. The number of nitrogens with zero attached hydrogens (tertiary/aromatic N) is 3. The molecule has 0 amide bonds. The van der Waals surface area contributed by atoms with Crippen LogP contribution < -0.4 is 4.80 Å². The van der Waals surface area contributed by atoms with Crippen molar-refractivity contribution in [3.05, 3.63) is 65.0 Å². The highest BCUT2D eigenvalue weighted by molar-refractivity contribution is 7.16. The lowest BCUT2D eigenvalue weighted by atomic mass is 10.1. The summed E-state index contributed by atoms with van der Waals surface area (Å²) in [4.78, 5) is 12.4. The third-order valence-electron chi connectivity index (χ3n) is 3.58. The first-order valence-corrected chi connectivity index (χ1v) is 8.29. The molecule has 3 aromatic rings. The molecule has 0 aliphatic rings. The van der Waals surface area contributed by atoms with Gasteiger partial charge >= 0.3 is 5.97 Å². The Morgan fingerprint density at radius 3 is 2.58 bits per heavy atom. The van der Waals surface area contributed by atoms with Crippen LogP contribution in [-0.2, 0) is 16.1 Å². The molecule has 0 aliphatic carbocycles. The number of methoxy groups -OCH3 is 1. The first-order valence-electron chi connectivity index (χ1n) is 7.48. The van der Waals surface area contributed by atoms with Gasteiger partial charge in [0.15, 0.2) is 0 Å². The van der Waals surface area contributed by atoms with Crippen molar-refractivity contribution in [2.24, 2.45) is 10.2 Å². The number of carbonyl (C=O) groups excluding carboxylic acids is 1. The van der Waals surface area contributed by atoms with Crippen molar-refractivity contribution in [2.75, 3.05) is 7.11 Å². The summed E-state index contributed by atoms with van der Waals surface area (Å²) < 4.78 is 7.67. The Morgan fingerprint density at radius 2 is 1.83 bits per heavy atom. The average molecular weight is 339 g/mol. The predicted octanol–water partition coefficient (Wildman–Crippen LogP) is 3.20. The topological polar surface area (TPSA) is 56.0 Å². The van der Waals surface area contributed by atoms with Gasteiger partial charge in [-0.15, -0.1) is 5.10 Å². The molecule has 0 saturated carbocycles. The maximum atomic E-state index is 11.7. The van der Waals surface area contributed by atoms with Gasteiger partial charge < -0.3 is 9.30 Å². The molecule has 0 aliphatic heterocycles. The van der Waals surface area contributed by atoms with Gasteiger partial charge in [0.1, 0.15) is 6.54 Å². The van der Waals surface area contributed by atoms with E-state index in [1.54, 1.807) is 0 Å². The van der Waals surface area contributed by atoms with Crippen LogP contribution in [0, 0.1) is 0 Å². The maximum Gasteiger partial charge on any atom is 0.325 e. The first kappa shape index (κ1) is 16.1. The van der Waals surface area contributed by atoms with Crippen LogP contribution in [0.2, 0.25) is 0 Å². The van der Waals surface area contributed by atoms with E-state index in [1.807, 2.05) is 66.1 Å². The second-order valence-electron chi connectivity index (χ2n) is 5.17. The number of carbonyl (C=O) groups is 1. The lowest BCUT2D eigenvalue weighted by Gasteiger charge is -2.02. The molecular formula is C18H17N3O2S. The van der Waals surface area contributed by atoms with Gasteiger partial charge in [0, 0.05) is 0 Å². The number of thiazole rings is 1. The molecule has 1 heterocycles. The quantitative estimate of drug-likeness (QED) is 0.416. The van der Waals surface area contributed by atoms with Crippen LogP contribution >= 0.6 is 11.3 Å². The summed E-state index contributed by atoms with van der Waals surface area (Å²) in [5, 5.41) is 8.70. The number of benzene rings is 2. The van der Waals surface area contributed by atoms with Crippen LogP contribution in [0.25, 0.3) is 10.2 Å². The first-order chi connectivity index (χ1) is 11.7. The normalized spacial score (nSPS) is 12.6. The molecule has 0 unspecified atom stereocenters. The monoisotopic (exact) mass is 339 g/mol. The number of rotatable bonds is 4. The van der Waals surface area contributed by atoms with E-state index in [9.17, 15) is 4.79 Å². The summed E-state index contributed by atoms with van der Waals surface area (Å²) in [5.74, 6) is -0.316. The van der Waals surface area contributed by atoms with Crippen LogP contribution in [0.4, 0.5) is 0 Å². The predicted molar refractivity (Wildman–Crippen MR) is 96.0 cm³/mol. The SMILES string of the molecule is COC(=O)Cn1/c(=N\N=C(/C)c2ccccc2)sc2ccccc21. The third-order valence-corrected chi connectivity index (χ3v) is 4.63. The average Bonchev–Trinajstić information content (AvgIpc) is 2.98. The number of aromatic nitrogens is 1. The van der Waals surface area contributed by atoms with E-state index in [0.29, 0.717) is 4.80 Å². The van der Waals surface area contributed by atoms with Crippen LogP contribution in [0.3, 0.4) is 0 Å². The number of hydrogen-bond acceptors (Lipinski definition) is 5. The molecule has 0 radical (unpaired) electrons. The van der Waals surface area contributed by atoms with Crippen LogP contribution in [0.1, 0.15) is 12.5 Å². The summed E-state index contributed by atoms with van der Waals surface area (Å²) in [6.45, 7) is 2.02. The number of hydrogen-bond donors (Lipinski definition) is 0. The summed E-state index contributed by atoms with van der Waals surface area (Å²) in [6, 6.07) is 17.7. The largest absolute Gasteiger partial charge is 0.468 e. The fourth-order valence-corrected chi connectivity index (χ4v) is 3.28. The van der Waals surface area contributed by atoms with Crippen molar-refractivity contribution in [1.82, 2.24) is 4.57 Å². The van der Waals surface area contributed by atoms with Crippen molar-refractivity contribution in [3.8, 4) is 0 Å². The van der Waals surface area contributed by atoms with Gasteiger partial charge in [0.05, 0.1) is 23.0 Å². The van der Waals surface area contributed by atoms with E-state index in [2.05, 4.69) is 10.2 Å². The Labute approximate surface area is 143 Å².